The van der Waals surface area contributed by atoms with Crippen LogP contribution in [-0.4, -0.2) is 16.5 Å². The molecule has 0 aliphatic carbocycles. The van der Waals surface area contributed by atoms with Crippen molar-refractivity contribution < 1.29 is 0 Å². The summed E-state index contributed by atoms with van der Waals surface area (Å²) in [6, 6.07) is 6.20. The van der Waals surface area contributed by atoms with Crippen LogP contribution >= 0.6 is 15.9 Å². The second kappa shape index (κ2) is 6.70. The van der Waals surface area contributed by atoms with Gasteiger partial charge < -0.3 is 10.6 Å². The van der Waals surface area contributed by atoms with Gasteiger partial charge in [0.05, 0.1) is 0 Å². The molecular weight excluding hydrogens is 316 g/mol. The van der Waals surface area contributed by atoms with Gasteiger partial charge in [-0.1, -0.05) is 22.9 Å². The number of halogens is 1. The van der Waals surface area contributed by atoms with Gasteiger partial charge in [0.15, 0.2) is 0 Å². The first kappa shape index (κ1) is 14.8. The van der Waals surface area contributed by atoms with Gasteiger partial charge in [-0.05, 0) is 44.0 Å². The van der Waals surface area contributed by atoms with Crippen LogP contribution in [0.4, 0.5) is 17.3 Å². The minimum Gasteiger partial charge on any atom is -0.370 e. The summed E-state index contributed by atoms with van der Waals surface area (Å²) in [5.74, 6) is 1.71. The highest BCUT2D eigenvalue weighted by molar-refractivity contribution is 9.10. The summed E-state index contributed by atoms with van der Waals surface area (Å²) < 4.78 is 1.05. The minimum absolute atomic E-state index is 0.830. The van der Waals surface area contributed by atoms with Crippen molar-refractivity contribution in [3.05, 3.63) is 40.1 Å². The lowest BCUT2D eigenvalue weighted by Gasteiger charge is -2.13. The Morgan fingerprint density at radius 3 is 2.55 bits per heavy atom. The highest BCUT2D eigenvalue weighted by Gasteiger charge is 2.07. The van der Waals surface area contributed by atoms with E-state index in [1.165, 1.54) is 5.56 Å². The van der Waals surface area contributed by atoms with E-state index in [9.17, 15) is 0 Å². The van der Waals surface area contributed by atoms with Crippen LogP contribution in [0, 0.1) is 13.8 Å². The number of benzene rings is 1. The lowest BCUT2D eigenvalue weighted by molar-refractivity contribution is 0.960. The second-order valence-corrected chi connectivity index (χ2v) is 5.68. The van der Waals surface area contributed by atoms with Crippen molar-refractivity contribution in [1.82, 2.24) is 9.97 Å². The zero-order valence-electron chi connectivity index (χ0n) is 12.0. The molecule has 1 heterocycles. The average Bonchev–Trinajstić information content (AvgIpc) is 2.38. The quantitative estimate of drug-likeness (QED) is 0.849. The van der Waals surface area contributed by atoms with Crippen LogP contribution in [0.2, 0.25) is 0 Å². The standard InChI is InChI=1S/C15H19BrN4/c1-4-5-17-14-11(3)15(19-9-18-14)20-13-7-10(2)6-12(16)8-13/h6-9H,4-5H2,1-3H3,(H2,17,18,19,20). The summed E-state index contributed by atoms with van der Waals surface area (Å²) in [4.78, 5) is 8.61. The normalized spacial score (nSPS) is 10.4. The molecule has 2 rings (SSSR count). The molecular formula is C15H19BrN4. The van der Waals surface area contributed by atoms with Crippen molar-refractivity contribution in [2.75, 3.05) is 17.2 Å². The highest BCUT2D eigenvalue weighted by Crippen LogP contribution is 2.25. The van der Waals surface area contributed by atoms with Crippen molar-refractivity contribution in [3.63, 3.8) is 0 Å². The van der Waals surface area contributed by atoms with Crippen LogP contribution in [0.1, 0.15) is 24.5 Å². The van der Waals surface area contributed by atoms with Crippen molar-refractivity contribution in [1.29, 1.82) is 0 Å². The molecule has 4 nitrogen and oxygen atoms in total. The monoisotopic (exact) mass is 334 g/mol. The van der Waals surface area contributed by atoms with Crippen molar-refractivity contribution in [2.24, 2.45) is 0 Å². The maximum Gasteiger partial charge on any atom is 0.138 e. The smallest absolute Gasteiger partial charge is 0.138 e. The zero-order valence-corrected chi connectivity index (χ0v) is 13.6. The van der Waals surface area contributed by atoms with Crippen molar-refractivity contribution in [3.8, 4) is 0 Å². The molecule has 5 heteroatoms. The van der Waals surface area contributed by atoms with Crippen molar-refractivity contribution in [2.45, 2.75) is 27.2 Å². The SMILES string of the molecule is CCCNc1ncnc(Nc2cc(C)cc(Br)c2)c1C. The van der Waals surface area contributed by atoms with Crippen LogP contribution in [-0.2, 0) is 0 Å². The summed E-state index contributed by atoms with van der Waals surface area (Å²) in [7, 11) is 0. The Morgan fingerprint density at radius 1 is 1.10 bits per heavy atom. The van der Waals surface area contributed by atoms with Crippen LogP contribution in [0.5, 0.6) is 0 Å². The van der Waals surface area contributed by atoms with Gasteiger partial charge in [-0.25, -0.2) is 9.97 Å². The van der Waals surface area contributed by atoms with Gasteiger partial charge in [-0.3, -0.25) is 0 Å². The van der Waals surface area contributed by atoms with Gasteiger partial charge in [0.1, 0.15) is 18.0 Å². The van der Waals surface area contributed by atoms with Gasteiger partial charge in [-0.2, -0.15) is 0 Å². The average molecular weight is 335 g/mol. The lowest BCUT2D eigenvalue weighted by Crippen LogP contribution is -2.07. The van der Waals surface area contributed by atoms with Crippen LogP contribution in [0.3, 0.4) is 0 Å². The maximum absolute atomic E-state index is 4.32. The van der Waals surface area contributed by atoms with E-state index in [2.05, 4.69) is 62.5 Å². The Bertz CT molecular complexity index is 578. The Hall–Kier alpha value is -1.62. The molecule has 106 valence electrons. The Morgan fingerprint density at radius 2 is 1.85 bits per heavy atom. The first-order chi connectivity index (χ1) is 9.60. The van der Waals surface area contributed by atoms with Crippen LogP contribution < -0.4 is 10.6 Å². The number of aromatic nitrogens is 2. The number of hydrogen-bond donors (Lipinski definition) is 2. The fraction of sp³-hybridized carbons (Fsp3) is 0.333. The molecule has 2 N–H and O–H groups in total. The largest absolute Gasteiger partial charge is 0.370 e. The Labute approximate surface area is 128 Å². The topological polar surface area (TPSA) is 49.8 Å². The third-order valence-electron chi connectivity index (χ3n) is 2.93. The van der Waals surface area contributed by atoms with Gasteiger partial charge in [0, 0.05) is 22.3 Å². The van der Waals surface area contributed by atoms with Gasteiger partial charge in [0.25, 0.3) is 0 Å². The molecule has 0 radical (unpaired) electrons. The Kier molecular flexibility index (Phi) is 4.95. The van der Waals surface area contributed by atoms with E-state index in [-0.39, 0.29) is 0 Å². The van der Waals surface area contributed by atoms with Gasteiger partial charge >= 0.3 is 0 Å². The summed E-state index contributed by atoms with van der Waals surface area (Å²) >= 11 is 3.51. The zero-order chi connectivity index (χ0) is 14.5. The maximum atomic E-state index is 4.32. The lowest BCUT2D eigenvalue weighted by atomic mass is 10.2. The number of anilines is 3. The van der Waals surface area contributed by atoms with Crippen molar-refractivity contribution >= 4 is 33.3 Å². The molecule has 20 heavy (non-hydrogen) atoms. The van der Waals surface area contributed by atoms with E-state index < -0.39 is 0 Å². The molecule has 2 aromatic rings. The third kappa shape index (κ3) is 3.70. The molecule has 0 bridgehead atoms. The van der Waals surface area contributed by atoms with E-state index in [4.69, 9.17) is 0 Å². The highest BCUT2D eigenvalue weighted by atomic mass is 79.9. The van der Waals surface area contributed by atoms with E-state index >= 15 is 0 Å². The van der Waals surface area contributed by atoms with Crippen LogP contribution in [0.25, 0.3) is 0 Å². The first-order valence-electron chi connectivity index (χ1n) is 6.70. The fourth-order valence-electron chi connectivity index (χ4n) is 1.94. The number of rotatable bonds is 5. The summed E-state index contributed by atoms with van der Waals surface area (Å²) in [5, 5.41) is 6.66. The molecule has 0 spiro atoms. The number of nitrogens with zero attached hydrogens (tertiary/aromatic N) is 2. The molecule has 0 aliphatic rings. The molecule has 1 aromatic heterocycles. The Balaban J connectivity index is 2.24. The van der Waals surface area contributed by atoms with Crippen LogP contribution in [0.15, 0.2) is 29.0 Å². The van der Waals surface area contributed by atoms with E-state index in [0.29, 0.717) is 0 Å². The van der Waals surface area contributed by atoms with E-state index in [1.54, 1.807) is 6.33 Å². The molecule has 0 aliphatic heterocycles. The molecule has 0 unspecified atom stereocenters. The molecule has 0 saturated heterocycles. The van der Waals surface area contributed by atoms with Gasteiger partial charge in [-0.15, -0.1) is 0 Å². The number of aryl methyl sites for hydroxylation is 1. The second-order valence-electron chi connectivity index (χ2n) is 4.76. The number of hydrogen-bond acceptors (Lipinski definition) is 4. The molecule has 0 atom stereocenters. The predicted molar refractivity (Wildman–Crippen MR) is 87.7 cm³/mol. The molecule has 0 fully saturated rings. The summed E-state index contributed by atoms with van der Waals surface area (Å²) in [5.41, 5.74) is 3.23. The first-order valence-corrected chi connectivity index (χ1v) is 7.49. The molecule has 1 aromatic carbocycles. The summed E-state index contributed by atoms with van der Waals surface area (Å²) in [6.07, 6.45) is 2.65. The van der Waals surface area contributed by atoms with E-state index in [1.807, 2.05) is 13.0 Å². The third-order valence-corrected chi connectivity index (χ3v) is 3.39. The fourth-order valence-corrected chi connectivity index (χ4v) is 2.55. The molecule has 0 saturated carbocycles. The number of nitrogens with one attached hydrogen (secondary N) is 2. The minimum atomic E-state index is 0.830. The predicted octanol–water partition coefficient (Wildman–Crippen LogP) is 4.42. The van der Waals surface area contributed by atoms with E-state index in [0.717, 1.165) is 40.3 Å². The molecule has 0 amide bonds. The summed E-state index contributed by atoms with van der Waals surface area (Å²) in [6.45, 7) is 7.13. The van der Waals surface area contributed by atoms with Gasteiger partial charge in [0.2, 0.25) is 0 Å².